The van der Waals surface area contributed by atoms with Crippen LogP contribution >= 0.6 is 0 Å². The number of nitrogens with zero attached hydrogens (tertiary/aromatic N) is 1. The maximum atomic E-state index is 12.4. The van der Waals surface area contributed by atoms with Gasteiger partial charge in [0.15, 0.2) is 0 Å². The van der Waals surface area contributed by atoms with Gasteiger partial charge in [-0.2, -0.15) is 13.2 Å². The molecule has 0 amide bonds. The first-order valence-electron chi connectivity index (χ1n) is 6.64. The van der Waals surface area contributed by atoms with Gasteiger partial charge in [0.25, 0.3) is 0 Å². The van der Waals surface area contributed by atoms with Crippen molar-refractivity contribution in [1.82, 2.24) is 4.98 Å². The van der Waals surface area contributed by atoms with Crippen molar-refractivity contribution in [3.05, 3.63) is 23.9 Å². The second-order valence-corrected chi connectivity index (χ2v) is 5.69. The van der Waals surface area contributed by atoms with Crippen LogP contribution in [0.1, 0.15) is 38.7 Å². The molecule has 0 saturated heterocycles. The number of nitrogens with one attached hydrogen (secondary N) is 1. The molecule has 1 heterocycles. The molecule has 1 N–H and O–H groups in total. The highest BCUT2D eigenvalue weighted by Crippen LogP contribution is 2.31. The molecule has 1 aliphatic rings. The van der Waals surface area contributed by atoms with Crippen LogP contribution in [0, 0.1) is 11.8 Å². The lowest BCUT2D eigenvalue weighted by atomic mass is 9.80. The summed E-state index contributed by atoms with van der Waals surface area (Å²) in [7, 11) is 0. The maximum absolute atomic E-state index is 12.4. The second kappa shape index (κ2) is 5.39. The zero-order chi connectivity index (χ0) is 14.0. The fourth-order valence-electron chi connectivity index (χ4n) is 2.92. The van der Waals surface area contributed by atoms with Gasteiger partial charge in [-0.3, -0.25) is 0 Å². The van der Waals surface area contributed by atoms with Crippen LogP contribution in [-0.2, 0) is 6.18 Å². The predicted octanol–water partition coefficient (Wildman–Crippen LogP) is 4.34. The minimum absolute atomic E-state index is 0.308. The minimum atomic E-state index is -4.32. The summed E-state index contributed by atoms with van der Waals surface area (Å²) in [6.07, 6.45) is -0.115. The number of pyridine rings is 1. The van der Waals surface area contributed by atoms with E-state index in [1.165, 1.54) is 12.5 Å². The summed E-state index contributed by atoms with van der Waals surface area (Å²) in [6, 6.07) is 2.79. The van der Waals surface area contributed by atoms with Crippen LogP contribution in [0.5, 0.6) is 0 Å². The average molecular weight is 272 g/mol. The average Bonchev–Trinajstić information content (AvgIpc) is 2.26. The van der Waals surface area contributed by atoms with E-state index in [0.29, 0.717) is 23.7 Å². The zero-order valence-electron chi connectivity index (χ0n) is 11.2. The summed E-state index contributed by atoms with van der Waals surface area (Å²) >= 11 is 0. The molecule has 0 radical (unpaired) electrons. The lowest BCUT2D eigenvalue weighted by Gasteiger charge is -2.32. The molecule has 5 heteroatoms. The van der Waals surface area contributed by atoms with E-state index in [0.717, 1.165) is 25.1 Å². The van der Waals surface area contributed by atoms with E-state index < -0.39 is 11.7 Å². The highest BCUT2D eigenvalue weighted by Gasteiger charge is 2.31. The van der Waals surface area contributed by atoms with Crippen molar-refractivity contribution in [2.75, 3.05) is 5.32 Å². The zero-order valence-corrected chi connectivity index (χ0v) is 11.2. The molecule has 19 heavy (non-hydrogen) atoms. The first-order chi connectivity index (χ1) is 8.84. The van der Waals surface area contributed by atoms with Crippen molar-refractivity contribution < 1.29 is 13.2 Å². The Morgan fingerprint density at radius 3 is 2.21 bits per heavy atom. The summed E-state index contributed by atoms with van der Waals surface area (Å²) in [5.41, 5.74) is -0.705. The van der Waals surface area contributed by atoms with Gasteiger partial charge in [-0.25, -0.2) is 4.98 Å². The van der Waals surface area contributed by atoms with E-state index in [2.05, 4.69) is 24.1 Å². The number of rotatable bonds is 2. The first-order valence-corrected chi connectivity index (χ1v) is 6.64. The largest absolute Gasteiger partial charge is 0.417 e. The van der Waals surface area contributed by atoms with Gasteiger partial charge >= 0.3 is 6.18 Å². The number of hydrogen-bond acceptors (Lipinski definition) is 2. The van der Waals surface area contributed by atoms with Crippen molar-refractivity contribution >= 4 is 5.82 Å². The van der Waals surface area contributed by atoms with Gasteiger partial charge in [-0.05, 0) is 43.2 Å². The summed E-state index contributed by atoms with van der Waals surface area (Å²) < 4.78 is 37.3. The van der Waals surface area contributed by atoms with Crippen molar-refractivity contribution in [1.29, 1.82) is 0 Å². The molecular weight excluding hydrogens is 253 g/mol. The molecule has 1 aromatic rings. The lowest BCUT2D eigenvalue weighted by molar-refractivity contribution is -0.137. The smallest absolute Gasteiger partial charge is 0.367 e. The molecular formula is C14H19F3N2. The van der Waals surface area contributed by atoms with E-state index in [9.17, 15) is 13.2 Å². The second-order valence-electron chi connectivity index (χ2n) is 5.69. The van der Waals surface area contributed by atoms with Crippen molar-refractivity contribution in [2.24, 2.45) is 11.8 Å². The quantitative estimate of drug-likeness (QED) is 0.866. The van der Waals surface area contributed by atoms with Gasteiger partial charge in [-0.15, -0.1) is 0 Å². The number of halogens is 3. The third-order valence-electron chi connectivity index (χ3n) is 3.62. The van der Waals surface area contributed by atoms with Crippen LogP contribution in [0.15, 0.2) is 18.3 Å². The maximum Gasteiger partial charge on any atom is 0.417 e. The van der Waals surface area contributed by atoms with Crippen LogP contribution in [0.25, 0.3) is 0 Å². The Balaban J connectivity index is 1.99. The van der Waals surface area contributed by atoms with E-state index >= 15 is 0 Å². The number of anilines is 1. The van der Waals surface area contributed by atoms with Crippen LogP contribution < -0.4 is 5.32 Å². The van der Waals surface area contributed by atoms with Gasteiger partial charge in [0.05, 0.1) is 5.56 Å². The van der Waals surface area contributed by atoms with Gasteiger partial charge < -0.3 is 5.32 Å². The SMILES string of the molecule is CC1CC(C)CC(Nc2ccc(C(F)(F)F)cn2)C1. The van der Waals surface area contributed by atoms with Crippen LogP contribution in [0.2, 0.25) is 0 Å². The Labute approximate surface area is 111 Å². The molecule has 0 spiro atoms. The normalized spacial score (nSPS) is 28.2. The molecule has 0 bridgehead atoms. The highest BCUT2D eigenvalue weighted by atomic mass is 19.4. The third-order valence-corrected chi connectivity index (χ3v) is 3.62. The molecule has 2 nitrogen and oxygen atoms in total. The predicted molar refractivity (Wildman–Crippen MR) is 68.8 cm³/mol. The summed E-state index contributed by atoms with van der Waals surface area (Å²) in [5, 5.41) is 3.24. The standard InChI is InChI=1S/C14H19F3N2/c1-9-5-10(2)7-12(6-9)19-13-4-3-11(8-18-13)14(15,16)17/h3-4,8-10,12H,5-7H2,1-2H3,(H,18,19). The Morgan fingerprint density at radius 1 is 1.11 bits per heavy atom. The molecule has 2 rings (SSSR count). The van der Waals surface area contributed by atoms with E-state index in [-0.39, 0.29) is 0 Å². The molecule has 2 atom stereocenters. The van der Waals surface area contributed by atoms with Crippen LogP contribution in [0.3, 0.4) is 0 Å². The van der Waals surface area contributed by atoms with Gasteiger partial charge in [0.1, 0.15) is 5.82 Å². The molecule has 1 aliphatic carbocycles. The van der Waals surface area contributed by atoms with Crippen LogP contribution in [-0.4, -0.2) is 11.0 Å². The van der Waals surface area contributed by atoms with E-state index in [1.54, 1.807) is 0 Å². The number of aromatic nitrogens is 1. The number of alkyl halides is 3. The Morgan fingerprint density at radius 2 is 1.74 bits per heavy atom. The summed E-state index contributed by atoms with van der Waals surface area (Å²) in [5.74, 6) is 1.82. The fraction of sp³-hybridized carbons (Fsp3) is 0.643. The Kier molecular flexibility index (Phi) is 4.02. The van der Waals surface area contributed by atoms with Gasteiger partial charge in [-0.1, -0.05) is 13.8 Å². The first kappa shape index (κ1) is 14.2. The molecule has 1 saturated carbocycles. The highest BCUT2D eigenvalue weighted by molar-refractivity contribution is 5.37. The molecule has 1 aromatic heterocycles. The van der Waals surface area contributed by atoms with Crippen LogP contribution in [0.4, 0.5) is 19.0 Å². The fourth-order valence-corrected chi connectivity index (χ4v) is 2.92. The topological polar surface area (TPSA) is 24.9 Å². The van der Waals surface area contributed by atoms with Gasteiger partial charge in [0, 0.05) is 12.2 Å². The van der Waals surface area contributed by atoms with Gasteiger partial charge in [0.2, 0.25) is 0 Å². The Bertz CT molecular complexity index is 404. The number of hydrogen-bond donors (Lipinski definition) is 1. The third kappa shape index (κ3) is 3.85. The minimum Gasteiger partial charge on any atom is -0.367 e. The summed E-state index contributed by atoms with van der Waals surface area (Å²) in [4.78, 5) is 3.86. The van der Waals surface area contributed by atoms with E-state index in [1.807, 2.05) is 0 Å². The Hall–Kier alpha value is -1.26. The lowest BCUT2D eigenvalue weighted by Crippen LogP contribution is -2.30. The molecule has 0 aliphatic heterocycles. The molecule has 0 aromatic carbocycles. The molecule has 2 unspecified atom stereocenters. The van der Waals surface area contributed by atoms with E-state index in [4.69, 9.17) is 0 Å². The molecule has 1 fully saturated rings. The summed E-state index contributed by atoms with van der Waals surface area (Å²) in [6.45, 7) is 4.43. The van der Waals surface area contributed by atoms with Crippen molar-refractivity contribution in [3.63, 3.8) is 0 Å². The van der Waals surface area contributed by atoms with Crippen molar-refractivity contribution in [3.8, 4) is 0 Å². The van der Waals surface area contributed by atoms with Crippen molar-refractivity contribution in [2.45, 2.75) is 45.3 Å². The monoisotopic (exact) mass is 272 g/mol. The molecule has 106 valence electrons.